The van der Waals surface area contributed by atoms with Gasteiger partial charge in [0.2, 0.25) is 0 Å². The first-order chi connectivity index (χ1) is 20.6. The van der Waals surface area contributed by atoms with Crippen molar-refractivity contribution in [3.63, 3.8) is 0 Å². The number of rotatable bonds is 8. The molecule has 0 saturated heterocycles. The zero-order valence-corrected chi connectivity index (χ0v) is 24.3. The zero-order valence-electron chi connectivity index (χ0n) is 24.3. The van der Waals surface area contributed by atoms with Crippen molar-refractivity contribution in [1.29, 1.82) is 0 Å². The molecule has 0 amide bonds. The molecule has 0 saturated carbocycles. The first kappa shape index (κ1) is 27.0. The van der Waals surface area contributed by atoms with Crippen LogP contribution in [0.3, 0.4) is 0 Å². The molecule has 0 atom stereocenters. The Labute approximate surface area is 246 Å². The second-order valence-corrected chi connectivity index (χ2v) is 10.1. The second-order valence-electron chi connectivity index (χ2n) is 10.1. The number of hydrogen-bond donors (Lipinski definition) is 0. The Morgan fingerprint density at radius 1 is 0.714 bits per heavy atom. The minimum atomic E-state index is -0.802. The van der Waals surface area contributed by atoms with Gasteiger partial charge in [-0.25, -0.2) is 4.98 Å². The van der Waals surface area contributed by atoms with Crippen LogP contribution >= 0.6 is 0 Å². The SMILES string of the molecule is C/C=C\C(=C/C)c1ccc2c3cnccc3n(C(c3ccccc3)(c3ccc(OC)cc3)c3ccc(OC)cc3)c2n1. The maximum absolute atomic E-state index is 5.58. The monoisotopic (exact) mass is 551 g/mol. The zero-order chi connectivity index (χ0) is 29.1. The highest BCUT2D eigenvalue weighted by atomic mass is 16.5. The Hall–Kier alpha value is -5.16. The van der Waals surface area contributed by atoms with E-state index in [1.165, 1.54) is 0 Å². The van der Waals surface area contributed by atoms with E-state index in [4.69, 9.17) is 14.5 Å². The van der Waals surface area contributed by atoms with Gasteiger partial charge in [0.05, 0.1) is 25.4 Å². The molecule has 0 aliphatic carbocycles. The Balaban J connectivity index is 1.84. The number of fused-ring (bicyclic) bond motifs is 3. The van der Waals surface area contributed by atoms with Gasteiger partial charge in [-0.15, -0.1) is 0 Å². The lowest BCUT2D eigenvalue weighted by atomic mass is 9.76. The molecule has 6 aromatic rings. The van der Waals surface area contributed by atoms with E-state index in [1.54, 1.807) is 14.2 Å². The van der Waals surface area contributed by atoms with Crippen molar-refractivity contribution in [1.82, 2.24) is 14.5 Å². The van der Waals surface area contributed by atoms with Gasteiger partial charge in [-0.3, -0.25) is 4.98 Å². The molecule has 42 heavy (non-hydrogen) atoms. The van der Waals surface area contributed by atoms with Crippen LogP contribution in [0.15, 0.2) is 128 Å². The Morgan fingerprint density at radius 3 is 1.90 bits per heavy atom. The quantitative estimate of drug-likeness (QED) is 0.141. The molecule has 208 valence electrons. The van der Waals surface area contributed by atoms with Gasteiger partial charge in [-0.2, -0.15) is 0 Å². The maximum atomic E-state index is 5.58. The van der Waals surface area contributed by atoms with Gasteiger partial charge in [0, 0.05) is 23.2 Å². The molecule has 0 unspecified atom stereocenters. The van der Waals surface area contributed by atoms with Crippen LogP contribution in [0.25, 0.3) is 27.5 Å². The van der Waals surface area contributed by atoms with Gasteiger partial charge in [0.1, 0.15) is 22.7 Å². The molecule has 0 fully saturated rings. The number of aromatic nitrogens is 3. The van der Waals surface area contributed by atoms with Crippen LogP contribution in [-0.4, -0.2) is 28.8 Å². The standard InChI is InChI=1S/C37H33N3O2/c1-5-10-26(6-2)34-22-21-32-33-25-38-24-23-35(33)40(36(32)39-34)37(27-11-8-7-9-12-27,28-13-17-30(41-3)18-14-28)29-15-19-31(42-4)20-16-29/h5-25H,1-4H3/b10-5-,26-6+. The Kier molecular flexibility index (Phi) is 7.32. The predicted molar refractivity (Wildman–Crippen MR) is 171 cm³/mol. The van der Waals surface area contributed by atoms with Gasteiger partial charge in [0.15, 0.2) is 0 Å². The smallest absolute Gasteiger partial charge is 0.143 e. The maximum Gasteiger partial charge on any atom is 0.143 e. The molecule has 3 aromatic carbocycles. The molecule has 5 nitrogen and oxygen atoms in total. The molecule has 0 N–H and O–H groups in total. The summed E-state index contributed by atoms with van der Waals surface area (Å²) >= 11 is 0. The average molecular weight is 552 g/mol. The van der Waals surface area contributed by atoms with Crippen molar-refractivity contribution < 1.29 is 9.47 Å². The Morgan fingerprint density at radius 2 is 1.33 bits per heavy atom. The molecule has 0 bridgehead atoms. The first-order valence-corrected chi connectivity index (χ1v) is 14.0. The van der Waals surface area contributed by atoms with Crippen LogP contribution in [0.2, 0.25) is 0 Å². The minimum absolute atomic E-state index is 0.798. The van der Waals surface area contributed by atoms with Crippen LogP contribution in [0.5, 0.6) is 11.5 Å². The number of allylic oxidation sites excluding steroid dienone is 4. The van der Waals surface area contributed by atoms with E-state index in [9.17, 15) is 0 Å². The molecule has 0 aliphatic heterocycles. The topological polar surface area (TPSA) is 49.2 Å². The first-order valence-electron chi connectivity index (χ1n) is 14.0. The number of hydrogen-bond acceptors (Lipinski definition) is 4. The summed E-state index contributed by atoms with van der Waals surface area (Å²) in [5.41, 5.74) is 6.32. The molecule has 0 aliphatic rings. The molecular formula is C37H33N3O2. The summed E-state index contributed by atoms with van der Waals surface area (Å²) in [5, 5.41) is 2.09. The molecular weight excluding hydrogens is 518 g/mol. The number of methoxy groups -OCH3 is 2. The summed E-state index contributed by atoms with van der Waals surface area (Å²) in [6, 6.07) is 33.7. The van der Waals surface area contributed by atoms with E-state index in [1.807, 2.05) is 56.6 Å². The lowest BCUT2D eigenvalue weighted by Gasteiger charge is -2.39. The minimum Gasteiger partial charge on any atom is -0.497 e. The molecule has 3 aromatic heterocycles. The summed E-state index contributed by atoms with van der Waals surface area (Å²) in [7, 11) is 3.38. The lowest BCUT2D eigenvalue weighted by Crippen LogP contribution is -2.38. The van der Waals surface area contributed by atoms with Gasteiger partial charge in [-0.1, -0.05) is 72.8 Å². The number of pyridine rings is 2. The average Bonchev–Trinajstić information content (AvgIpc) is 3.39. The highest BCUT2D eigenvalue weighted by Gasteiger charge is 2.41. The largest absolute Gasteiger partial charge is 0.497 e. The van der Waals surface area contributed by atoms with Crippen molar-refractivity contribution in [2.24, 2.45) is 0 Å². The summed E-state index contributed by atoms with van der Waals surface area (Å²) in [6.07, 6.45) is 10.0. The highest BCUT2D eigenvalue weighted by molar-refractivity contribution is 6.07. The van der Waals surface area contributed by atoms with Gasteiger partial charge in [-0.05, 0) is 78.6 Å². The van der Waals surface area contributed by atoms with Crippen LogP contribution in [0.4, 0.5) is 0 Å². The van der Waals surface area contributed by atoms with Crippen molar-refractivity contribution in [3.05, 3.63) is 150 Å². The molecule has 0 spiro atoms. The van der Waals surface area contributed by atoms with Gasteiger partial charge >= 0.3 is 0 Å². The van der Waals surface area contributed by atoms with Crippen molar-refractivity contribution in [2.75, 3.05) is 14.2 Å². The fourth-order valence-corrected chi connectivity index (χ4v) is 5.97. The van der Waals surface area contributed by atoms with E-state index < -0.39 is 5.54 Å². The third-order valence-corrected chi connectivity index (χ3v) is 7.91. The summed E-state index contributed by atoms with van der Waals surface area (Å²) in [6.45, 7) is 4.07. The van der Waals surface area contributed by atoms with Crippen molar-refractivity contribution in [2.45, 2.75) is 19.4 Å². The molecule has 0 radical (unpaired) electrons. The summed E-state index contributed by atoms with van der Waals surface area (Å²) in [4.78, 5) is 9.91. The van der Waals surface area contributed by atoms with Crippen LogP contribution < -0.4 is 9.47 Å². The predicted octanol–water partition coefficient (Wildman–Crippen LogP) is 8.42. The van der Waals surface area contributed by atoms with Gasteiger partial charge in [0.25, 0.3) is 0 Å². The fraction of sp³-hybridized carbons (Fsp3) is 0.135. The lowest BCUT2D eigenvalue weighted by molar-refractivity contribution is 0.413. The van der Waals surface area contributed by atoms with E-state index in [0.29, 0.717) is 0 Å². The normalized spacial score (nSPS) is 12.3. The number of ether oxygens (including phenoxy) is 2. The third-order valence-electron chi connectivity index (χ3n) is 7.91. The van der Waals surface area contributed by atoms with E-state index in [-0.39, 0.29) is 0 Å². The summed E-state index contributed by atoms with van der Waals surface area (Å²) in [5.74, 6) is 1.60. The van der Waals surface area contributed by atoms with Crippen LogP contribution in [-0.2, 0) is 5.54 Å². The molecule has 6 rings (SSSR count). The second kappa shape index (κ2) is 11.4. The fourth-order valence-electron chi connectivity index (χ4n) is 5.97. The molecule has 5 heteroatoms. The van der Waals surface area contributed by atoms with Crippen LogP contribution in [0, 0.1) is 0 Å². The van der Waals surface area contributed by atoms with E-state index >= 15 is 0 Å². The van der Waals surface area contributed by atoms with E-state index in [0.717, 1.165) is 61.4 Å². The van der Waals surface area contributed by atoms with Crippen LogP contribution in [0.1, 0.15) is 36.2 Å². The number of benzene rings is 3. The Bertz CT molecular complexity index is 1850. The van der Waals surface area contributed by atoms with Crippen molar-refractivity contribution in [3.8, 4) is 11.5 Å². The number of nitrogens with zero attached hydrogens (tertiary/aromatic N) is 3. The van der Waals surface area contributed by atoms with Gasteiger partial charge < -0.3 is 14.0 Å². The highest BCUT2D eigenvalue weighted by Crippen LogP contribution is 2.46. The third kappa shape index (κ3) is 4.34. The summed E-state index contributed by atoms with van der Waals surface area (Å²) < 4.78 is 13.5. The van der Waals surface area contributed by atoms with Crippen molar-refractivity contribution >= 4 is 27.5 Å². The molecule has 3 heterocycles. The van der Waals surface area contributed by atoms with E-state index in [2.05, 4.69) is 94.5 Å².